The van der Waals surface area contributed by atoms with E-state index < -0.39 is 6.10 Å². The lowest BCUT2D eigenvalue weighted by molar-refractivity contribution is 0.194. The van der Waals surface area contributed by atoms with Crippen LogP contribution in [0.5, 0.6) is 5.75 Å². The van der Waals surface area contributed by atoms with Gasteiger partial charge in [-0.2, -0.15) is 0 Å². The number of rotatable bonds is 2. The fourth-order valence-electron chi connectivity index (χ4n) is 1.74. The van der Waals surface area contributed by atoms with E-state index in [-0.39, 0.29) is 0 Å². The molecular weight excluding hydrogens is 202 g/mol. The van der Waals surface area contributed by atoms with Gasteiger partial charge < -0.3 is 9.84 Å². The molecule has 84 valence electrons. The second kappa shape index (κ2) is 4.10. The topological polar surface area (TPSA) is 42.4 Å². The minimum Gasteiger partial charge on any atom is -0.497 e. The zero-order valence-corrected chi connectivity index (χ0v) is 9.69. The van der Waals surface area contributed by atoms with Gasteiger partial charge in [0.05, 0.1) is 24.4 Å². The number of methoxy groups -OCH3 is 1. The molecular formula is C13H15NO2. The minimum absolute atomic E-state index is 0.537. The number of nitrogens with zero attached hydrogens (tertiary/aromatic N) is 1. The number of pyridine rings is 1. The summed E-state index contributed by atoms with van der Waals surface area (Å²) >= 11 is 0. The predicted octanol–water partition coefficient (Wildman–Crippen LogP) is 2.61. The number of fused-ring (bicyclic) bond motifs is 1. The average molecular weight is 217 g/mol. The summed E-state index contributed by atoms with van der Waals surface area (Å²) in [6.07, 6.45) is -0.537. The Balaban J connectivity index is 2.66. The smallest absolute Gasteiger partial charge is 0.119 e. The molecule has 3 heteroatoms. The van der Waals surface area contributed by atoms with Crippen molar-refractivity contribution in [2.75, 3.05) is 7.11 Å². The van der Waals surface area contributed by atoms with Gasteiger partial charge in [-0.15, -0.1) is 0 Å². The highest BCUT2D eigenvalue weighted by Crippen LogP contribution is 2.24. The first-order chi connectivity index (χ1) is 7.61. The molecule has 0 saturated carbocycles. The van der Waals surface area contributed by atoms with E-state index in [0.717, 1.165) is 22.2 Å². The molecule has 0 radical (unpaired) electrons. The number of benzene rings is 1. The molecule has 0 saturated heterocycles. The maximum Gasteiger partial charge on any atom is 0.119 e. The normalized spacial score (nSPS) is 12.8. The summed E-state index contributed by atoms with van der Waals surface area (Å²) in [7, 11) is 1.65. The van der Waals surface area contributed by atoms with Gasteiger partial charge in [0.2, 0.25) is 0 Å². The standard InChI is InChI=1S/C13H15NO2/c1-8-6-13(9(2)15)14-12-5-4-10(16-3)7-11(8)12/h4-7,9,15H,1-3H3. The lowest BCUT2D eigenvalue weighted by Gasteiger charge is -2.09. The summed E-state index contributed by atoms with van der Waals surface area (Å²) in [6, 6.07) is 7.66. The van der Waals surface area contributed by atoms with Crippen molar-refractivity contribution in [3.05, 3.63) is 35.5 Å². The van der Waals surface area contributed by atoms with Gasteiger partial charge in [-0.3, -0.25) is 4.98 Å². The van der Waals surface area contributed by atoms with E-state index in [1.807, 2.05) is 31.2 Å². The number of hydrogen-bond donors (Lipinski definition) is 1. The second-order valence-corrected chi connectivity index (χ2v) is 3.92. The number of aromatic nitrogens is 1. The molecule has 0 aliphatic carbocycles. The number of hydrogen-bond acceptors (Lipinski definition) is 3. The molecule has 3 nitrogen and oxygen atoms in total. The van der Waals surface area contributed by atoms with E-state index in [1.165, 1.54) is 0 Å². The van der Waals surface area contributed by atoms with Gasteiger partial charge in [0.1, 0.15) is 5.75 Å². The molecule has 2 aromatic rings. The second-order valence-electron chi connectivity index (χ2n) is 3.92. The van der Waals surface area contributed by atoms with E-state index in [2.05, 4.69) is 4.98 Å². The number of aryl methyl sites for hydroxylation is 1. The summed E-state index contributed by atoms with van der Waals surface area (Å²) < 4.78 is 5.18. The maximum absolute atomic E-state index is 9.52. The van der Waals surface area contributed by atoms with Crippen LogP contribution in [0.4, 0.5) is 0 Å². The largest absolute Gasteiger partial charge is 0.497 e. The van der Waals surface area contributed by atoms with Crippen molar-refractivity contribution in [3.8, 4) is 5.75 Å². The summed E-state index contributed by atoms with van der Waals surface area (Å²) in [6.45, 7) is 3.73. The molecule has 0 amide bonds. The third-order valence-electron chi connectivity index (χ3n) is 2.67. The highest BCUT2D eigenvalue weighted by molar-refractivity contribution is 5.83. The van der Waals surface area contributed by atoms with E-state index in [9.17, 15) is 5.11 Å². The number of aliphatic hydroxyl groups excluding tert-OH is 1. The molecule has 1 atom stereocenters. The van der Waals surface area contributed by atoms with Crippen molar-refractivity contribution in [2.45, 2.75) is 20.0 Å². The van der Waals surface area contributed by atoms with E-state index in [1.54, 1.807) is 14.0 Å². The molecule has 0 spiro atoms. The SMILES string of the molecule is COc1ccc2nc(C(C)O)cc(C)c2c1. The molecule has 0 aliphatic heterocycles. The predicted molar refractivity (Wildman–Crippen MR) is 63.7 cm³/mol. The zero-order valence-electron chi connectivity index (χ0n) is 9.69. The van der Waals surface area contributed by atoms with E-state index >= 15 is 0 Å². The van der Waals surface area contributed by atoms with Crippen LogP contribution < -0.4 is 4.74 Å². The van der Waals surface area contributed by atoms with Crippen LogP contribution in [-0.4, -0.2) is 17.2 Å². The third-order valence-corrected chi connectivity index (χ3v) is 2.67. The van der Waals surface area contributed by atoms with Crippen molar-refractivity contribution in [2.24, 2.45) is 0 Å². The molecule has 1 aromatic carbocycles. The molecule has 16 heavy (non-hydrogen) atoms. The maximum atomic E-state index is 9.52. The van der Waals surface area contributed by atoms with E-state index in [0.29, 0.717) is 5.69 Å². The lowest BCUT2D eigenvalue weighted by Crippen LogP contribution is -1.97. The Labute approximate surface area is 94.7 Å². The van der Waals surface area contributed by atoms with Crippen molar-refractivity contribution in [3.63, 3.8) is 0 Å². The molecule has 1 heterocycles. The molecule has 0 aliphatic rings. The highest BCUT2D eigenvalue weighted by Gasteiger charge is 2.07. The van der Waals surface area contributed by atoms with Crippen LogP contribution in [0.2, 0.25) is 0 Å². The zero-order chi connectivity index (χ0) is 11.7. The molecule has 1 N–H and O–H groups in total. The fourth-order valence-corrected chi connectivity index (χ4v) is 1.74. The van der Waals surface area contributed by atoms with Crippen LogP contribution in [0.15, 0.2) is 24.3 Å². The Hall–Kier alpha value is -1.61. The molecule has 1 aromatic heterocycles. The van der Waals surface area contributed by atoms with Gasteiger partial charge in [-0.25, -0.2) is 0 Å². The fraction of sp³-hybridized carbons (Fsp3) is 0.308. The van der Waals surface area contributed by atoms with Crippen molar-refractivity contribution in [1.29, 1.82) is 0 Å². The van der Waals surface area contributed by atoms with Crippen LogP contribution in [0, 0.1) is 6.92 Å². The van der Waals surface area contributed by atoms with Crippen LogP contribution >= 0.6 is 0 Å². The van der Waals surface area contributed by atoms with Crippen LogP contribution in [0.3, 0.4) is 0 Å². The lowest BCUT2D eigenvalue weighted by atomic mass is 10.1. The minimum atomic E-state index is -0.537. The van der Waals surface area contributed by atoms with Crippen molar-refractivity contribution < 1.29 is 9.84 Å². The first-order valence-corrected chi connectivity index (χ1v) is 5.25. The summed E-state index contributed by atoms with van der Waals surface area (Å²) in [5.74, 6) is 0.821. The van der Waals surface area contributed by atoms with Gasteiger partial charge in [-0.1, -0.05) is 0 Å². The van der Waals surface area contributed by atoms with Gasteiger partial charge in [-0.05, 0) is 43.7 Å². The molecule has 2 rings (SSSR count). The van der Waals surface area contributed by atoms with E-state index in [4.69, 9.17) is 4.74 Å². The monoisotopic (exact) mass is 217 g/mol. The Morgan fingerprint density at radius 1 is 1.31 bits per heavy atom. The Bertz CT molecular complexity index is 521. The molecule has 0 bridgehead atoms. The van der Waals surface area contributed by atoms with Crippen LogP contribution in [0.25, 0.3) is 10.9 Å². The number of ether oxygens (including phenoxy) is 1. The molecule has 1 unspecified atom stereocenters. The van der Waals surface area contributed by atoms with Crippen molar-refractivity contribution >= 4 is 10.9 Å². The molecule has 0 fully saturated rings. The van der Waals surface area contributed by atoms with Crippen LogP contribution in [0.1, 0.15) is 24.3 Å². The Morgan fingerprint density at radius 3 is 2.69 bits per heavy atom. The van der Waals surface area contributed by atoms with Gasteiger partial charge in [0.25, 0.3) is 0 Å². The Kier molecular flexibility index (Phi) is 2.79. The summed E-state index contributed by atoms with van der Waals surface area (Å²) in [5.41, 5.74) is 2.69. The quantitative estimate of drug-likeness (QED) is 0.840. The summed E-state index contributed by atoms with van der Waals surface area (Å²) in [5, 5.41) is 10.6. The average Bonchev–Trinajstić information content (AvgIpc) is 2.28. The van der Waals surface area contributed by atoms with Gasteiger partial charge >= 0.3 is 0 Å². The van der Waals surface area contributed by atoms with Crippen molar-refractivity contribution in [1.82, 2.24) is 4.98 Å². The van der Waals surface area contributed by atoms with Gasteiger partial charge in [0, 0.05) is 5.39 Å². The third kappa shape index (κ3) is 1.86. The first-order valence-electron chi connectivity index (χ1n) is 5.25. The first kappa shape index (κ1) is 10.9. The summed E-state index contributed by atoms with van der Waals surface area (Å²) in [4.78, 5) is 4.41. The Morgan fingerprint density at radius 2 is 2.06 bits per heavy atom. The van der Waals surface area contributed by atoms with Crippen LogP contribution in [-0.2, 0) is 0 Å². The highest BCUT2D eigenvalue weighted by atomic mass is 16.5. The number of aliphatic hydroxyl groups is 1. The van der Waals surface area contributed by atoms with Gasteiger partial charge in [0.15, 0.2) is 0 Å².